The fourth-order valence-corrected chi connectivity index (χ4v) is 2.47. The van der Waals surface area contributed by atoms with Gasteiger partial charge in [0.2, 0.25) is 0 Å². The lowest BCUT2D eigenvalue weighted by Gasteiger charge is -2.05. The van der Waals surface area contributed by atoms with Crippen molar-refractivity contribution in [1.82, 2.24) is 19.5 Å². The summed E-state index contributed by atoms with van der Waals surface area (Å²) in [5.41, 5.74) is 1.28. The summed E-state index contributed by atoms with van der Waals surface area (Å²) < 4.78 is 2.14. The van der Waals surface area contributed by atoms with E-state index in [1.807, 2.05) is 48.5 Å². The van der Waals surface area contributed by atoms with Crippen LogP contribution >= 0.6 is 11.3 Å². The van der Waals surface area contributed by atoms with Gasteiger partial charge in [-0.15, -0.1) is 11.3 Å². The van der Waals surface area contributed by atoms with Crippen LogP contribution in [0.2, 0.25) is 0 Å². The largest absolute Gasteiger partial charge is 0.483 e. The van der Waals surface area contributed by atoms with Crippen molar-refractivity contribution < 1.29 is 9.90 Å². The topological polar surface area (TPSA) is 80.9 Å². The van der Waals surface area contributed by atoms with E-state index in [-0.39, 0.29) is 6.47 Å². The quantitative estimate of drug-likeness (QED) is 0.748. The Bertz CT molecular complexity index is 653. The lowest BCUT2D eigenvalue weighted by atomic mass is 10.2. The van der Waals surface area contributed by atoms with E-state index in [9.17, 15) is 0 Å². The Kier molecular flexibility index (Phi) is 5.60. The smallest absolute Gasteiger partial charge is 0.290 e. The van der Waals surface area contributed by atoms with Crippen LogP contribution in [0.3, 0.4) is 0 Å². The zero-order valence-corrected chi connectivity index (χ0v) is 12.0. The molecule has 0 atom stereocenters. The Labute approximate surface area is 125 Å². The third-order valence-corrected chi connectivity index (χ3v) is 3.50. The minimum Gasteiger partial charge on any atom is -0.483 e. The summed E-state index contributed by atoms with van der Waals surface area (Å²) >= 11 is 1.61. The maximum atomic E-state index is 8.36. The highest BCUT2D eigenvalue weighted by Gasteiger charge is 2.07. The van der Waals surface area contributed by atoms with Crippen molar-refractivity contribution in [2.75, 3.05) is 0 Å². The minimum atomic E-state index is -0.250. The van der Waals surface area contributed by atoms with Gasteiger partial charge in [0.1, 0.15) is 0 Å². The Balaban J connectivity index is 0.000000497. The van der Waals surface area contributed by atoms with Gasteiger partial charge in [0.05, 0.1) is 0 Å². The predicted molar refractivity (Wildman–Crippen MR) is 80.0 cm³/mol. The number of hydrogen-bond acceptors (Lipinski definition) is 5. The van der Waals surface area contributed by atoms with Crippen molar-refractivity contribution in [3.8, 4) is 10.8 Å². The molecule has 0 radical (unpaired) electrons. The van der Waals surface area contributed by atoms with Crippen LogP contribution in [0, 0.1) is 0 Å². The van der Waals surface area contributed by atoms with Crippen LogP contribution in [0.25, 0.3) is 10.8 Å². The second-order valence-corrected chi connectivity index (χ2v) is 4.89. The van der Waals surface area contributed by atoms with Gasteiger partial charge in [0, 0.05) is 42.9 Å². The molecule has 3 aromatic rings. The first-order valence-corrected chi connectivity index (χ1v) is 7.11. The number of carboxylic acid groups (broad SMARTS) is 1. The van der Waals surface area contributed by atoms with Crippen molar-refractivity contribution in [2.45, 2.75) is 13.0 Å². The Hall–Kier alpha value is -2.54. The molecule has 7 heteroatoms. The number of carbonyl (C=O) groups is 1. The van der Waals surface area contributed by atoms with E-state index in [2.05, 4.69) is 19.5 Å². The highest BCUT2D eigenvalue weighted by atomic mass is 32.1. The zero-order chi connectivity index (χ0) is 14.9. The molecule has 0 aliphatic rings. The Morgan fingerprint density at radius 1 is 1.19 bits per heavy atom. The average Bonchev–Trinajstić information content (AvgIpc) is 3.18. The molecule has 108 valence electrons. The van der Waals surface area contributed by atoms with Gasteiger partial charge in [0.25, 0.3) is 6.47 Å². The first kappa shape index (κ1) is 14.9. The van der Waals surface area contributed by atoms with E-state index in [0.29, 0.717) is 0 Å². The molecule has 0 fully saturated rings. The molecule has 6 nitrogen and oxygen atoms in total. The van der Waals surface area contributed by atoms with Crippen LogP contribution in [0.15, 0.2) is 48.5 Å². The molecule has 0 bridgehead atoms. The van der Waals surface area contributed by atoms with Crippen LogP contribution in [0.5, 0.6) is 0 Å². The molecule has 0 saturated heterocycles. The van der Waals surface area contributed by atoms with Crippen LogP contribution < -0.4 is 0 Å². The van der Waals surface area contributed by atoms with Gasteiger partial charge in [-0.1, -0.05) is 0 Å². The Morgan fingerprint density at radius 2 is 1.95 bits per heavy atom. The van der Waals surface area contributed by atoms with Crippen LogP contribution in [-0.2, 0) is 17.8 Å². The summed E-state index contributed by atoms with van der Waals surface area (Å²) in [6, 6.07) is 4.08. The molecular formula is C14H14N4O2S. The number of aromatic nitrogens is 4. The molecule has 1 N–H and O–H groups in total. The first-order valence-electron chi connectivity index (χ1n) is 6.23. The molecule has 0 unspecified atom stereocenters. The van der Waals surface area contributed by atoms with Crippen LogP contribution in [0.1, 0.15) is 5.56 Å². The fourth-order valence-electron chi connectivity index (χ4n) is 1.82. The van der Waals surface area contributed by atoms with Gasteiger partial charge in [0.15, 0.2) is 10.8 Å². The summed E-state index contributed by atoms with van der Waals surface area (Å²) in [4.78, 5) is 21.1. The molecule has 0 aliphatic carbocycles. The van der Waals surface area contributed by atoms with E-state index in [4.69, 9.17) is 9.90 Å². The van der Waals surface area contributed by atoms with E-state index in [1.54, 1.807) is 11.3 Å². The number of nitrogens with zero attached hydrogens (tertiary/aromatic N) is 4. The Morgan fingerprint density at radius 3 is 2.62 bits per heavy atom. The summed E-state index contributed by atoms with van der Waals surface area (Å²) in [6.07, 6.45) is 10.2. The van der Waals surface area contributed by atoms with E-state index < -0.39 is 0 Å². The maximum absolute atomic E-state index is 8.36. The van der Waals surface area contributed by atoms with Crippen molar-refractivity contribution in [3.63, 3.8) is 0 Å². The van der Waals surface area contributed by atoms with E-state index in [0.717, 1.165) is 23.8 Å². The van der Waals surface area contributed by atoms with Crippen molar-refractivity contribution in [2.24, 2.45) is 0 Å². The number of thiazole rings is 1. The van der Waals surface area contributed by atoms with Crippen molar-refractivity contribution in [1.29, 1.82) is 0 Å². The lowest BCUT2D eigenvalue weighted by Crippen LogP contribution is -2.02. The van der Waals surface area contributed by atoms with E-state index >= 15 is 0 Å². The highest BCUT2D eigenvalue weighted by Crippen LogP contribution is 2.19. The SMILES string of the molecule is O=CO.c1cc(CCn2ccnc2-c2nccs2)ccn1. The van der Waals surface area contributed by atoms with Gasteiger partial charge in [-0.2, -0.15) is 0 Å². The number of hydrogen-bond donors (Lipinski definition) is 1. The second-order valence-electron chi connectivity index (χ2n) is 3.99. The van der Waals surface area contributed by atoms with Crippen molar-refractivity contribution >= 4 is 17.8 Å². The molecule has 3 heterocycles. The molecule has 0 aliphatic heterocycles. The van der Waals surface area contributed by atoms with E-state index in [1.165, 1.54) is 5.56 Å². The average molecular weight is 302 g/mol. The third-order valence-electron chi connectivity index (χ3n) is 2.73. The van der Waals surface area contributed by atoms with Crippen molar-refractivity contribution in [3.05, 3.63) is 54.1 Å². The van der Waals surface area contributed by atoms with Gasteiger partial charge in [-0.25, -0.2) is 9.97 Å². The molecule has 3 rings (SSSR count). The normalized spacial score (nSPS) is 9.71. The van der Waals surface area contributed by atoms with Crippen LogP contribution in [0.4, 0.5) is 0 Å². The first-order chi connectivity index (χ1) is 10.3. The minimum absolute atomic E-state index is 0.250. The molecule has 0 saturated carbocycles. The zero-order valence-electron chi connectivity index (χ0n) is 11.2. The molecule has 3 aromatic heterocycles. The monoisotopic (exact) mass is 302 g/mol. The molecular weight excluding hydrogens is 288 g/mol. The third kappa shape index (κ3) is 4.22. The lowest BCUT2D eigenvalue weighted by molar-refractivity contribution is -0.122. The number of imidazole rings is 1. The summed E-state index contributed by atoms with van der Waals surface area (Å²) in [5.74, 6) is 0.944. The van der Waals surface area contributed by atoms with Gasteiger partial charge in [-0.05, 0) is 24.1 Å². The molecule has 0 spiro atoms. The predicted octanol–water partition coefficient (Wildman–Crippen LogP) is 2.35. The standard InChI is InChI=1S/C13H12N4S.CH2O2/c1-4-14-5-2-11(1)3-8-17-9-6-15-12(17)13-16-7-10-18-13;2-1-3/h1-2,4-7,9-10H,3,8H2;1H,(H,2,3). The maximum Gasteiger partial charge on any atom is 0.290 e. The van der Waals surface area contributed by atoms with Gasteiger partial charge >= 0.3 is 0 Å². The van der Waals surface area contributed by atoms with Gasteiger partial charge in [-0.3, -0.25) is 9.78 Å². The summed E-state index contributed by atoms with van der Waals surface area (Å²) in [7, 11) is 0. The molecule has 0 amide bonds. The van der Waals surface area contributed by atoms with Crippen LogP contribution in [-0.4, -0.2) is 31.1 Å². The molecule has 21 heavy (non-hydrogen) atoms. The second kappa shape index (κ2) is 7.91. The van der Waals surface area contributed by atoms with Gasteiger partial charge < -0.3 is 9.67 Å². The number of pyridine rings is 1. The fraction of sp³-hybridized carbons (Fsp3) is 0.143. The number of aryl methyl sites for hydroxylation is 2. The summed E-state index contributed by atoms with van der Waals surface area (Å²) in [6.45, 7) is 0.652. The highest BCUT2D eigenvalue weighted by molar-refractivity contribution is 7.13. The summed E-state index contributed by atoms with van der Waals surface area (Å²) in [5, 5.41) is 9.83. The molecule has 0 aromatic carbocycles. The number of rotatable bonds is 4.